The summed E-state index contributed by atoms with van der Waals surface area (Å²) in [6.45, 7) is 2.03. The standard InChI is InChI=1S/C10H11NO/c1-2-7-8-5-3-4-6-9(8)11-10(7)12/h3-7H,2H2,1H3,(H,11,12). The fourth-order valence-corrected chi connectivity index (χ4v) is 1.68. The van der Waals surface area contributed by atoms with E-state index >= 15 is 0 Å². The number of nitrogens with one attached hydrogen (secondary N) is 1. The number of rotatable bonds is 1. The zero-order valence-corrected chi connectivity index (χ0v) is 7.00. The molecule has 2 heteroatoms. The molecule has 1 unspecified atom stereocenters. The number of para-hydroxylation sites is 1. The van der Waals surface area contributed by atoms with Crippen molar-refractivity contribution in [2.24, 2.45) is 0 Å². The molecule has 0 saturated carbocycles. The van der Waals surface area contributed by atoms with Crippen LogP contribution in [0, 0.1) is 0 Å². The molecule has 1 heterocycles. The van der Waals surface area contributed by atoms with Crippen LogP contribution in [0.1, 0.15) is 24.8 Å². The third kappa shape index (κ3) is 0.916. The van der Waals surface area contributed by atoms with Crippen molar-refractivity contribution in [2.75, 3.05) is 5.32 Å². The summed E-state index contributed by atoms with van der Waals surface area (Å²) in [6, 6.07) is 7.88. The van der Waals surface area contributed by atoms with Gasteiger partial charge in [0.15, 0.2) is 0 Å². The number of carbonyl (C=O) groups is 1. The highest BCUT2D eigenvalue weighted by Crippen LogP contribution is 2.33. The van der Waals surface area contributed by atoms with E-state index in [-0.39, 0.29) is 11.8 Å². The third-order valence-electron chi connectivity index (χ3n) is 2.32. The lowest BCUT2D eigenvalue weighted by Crippen LogP contribution is -2.10. The number of carbonyl (C=O) groups excluding carboxylic acids is 1. The second-order valence-corrected chi connectivity index (χ2v) is 3.04. The summed E-state index contributed by atoms with van der Waals surface area (Å²) in [5.74, 6) is 0.208. The Balaban J connectivity index is 2.47. The SMILES string of the molecule is CCC1C(=O)Nc2ccccc21. The summed E-state index contributed by atoms with van der Waals surface area (Å²) >= 11 is 0. The van der Waals surface area contributed by atoms with E-state index in [4.69, 9.17) is 0 Å². The van der Waals surface area contributed by atoms with Crippen molar-refractivity contribution >= 4 is 11.6 Å². The molecular weight excluding hydrogens is 150 g/mol. The smallest absolute Gasteiger partial charge is 0.231 e. The normalized spacial score (nSPS) is 20.4. The molecule has 0 radical (unpaired) electrons. The molecule has 1 amide bonds. The zero-order chi connectivity index (χ0) is 8.55. The van der Waals surface area contributed by atoms with Gasteiger partial charge < -0.3 is 5.32 Å². The van der Waals surface area contributed by atoms with E-state index in [1.807, 2.05) is 31.2 Å². The van der Waals surface area contributed by atoms with Crippen molar-refractivity contribution in [1.29, 1.82) is 0 Å². The summed E-state index contributed by atoms with van der Waals surface area (Å²) in [7, 11) is 0. The predicted molar refractivity (Wildman–Crippen MR) is 48.1 cm³/mol. The summed E-state index contributed by atoms with van der Waals surface area (Å²) < 4.78 is 0. The topological polar surface area (TPSA) is 29.1 Å². The van der Waals surface area contributed by atoms with Gasteiger partial charge in [-0.05, 0) is 18.1 Å². The fraction of sp³-hybridized carbons (Fsp3) is 0.300. The molecule has 0 spiro atoms. The van der Waals surface area contributed by atoms with Crippen molar-refractivity contribution < 1.29 is 4.79 Å². The van der Waals surface area contributed by atoms with Crippen LogP contribution in [-0.2, 0) is 4.79 Å². The quantitative estimate of drug-likeness (QED) is 0.671. The van der Waals surface area contributed by atoms with Gasteiger partial charge in [0.05, 0.1) is 5.92 Å². The molecule has 1 atom stereocenters. The fourth-order valence-electron chi connectivity index (χ4n) is 1.68. The Morgan fingerprint density at radius 1 is 1.42 bits per heavy atom. The Bertz CT molecular complexity index is 319. The number of fused-ring (bicyclic) bond motifs is 1. The van der Waals surface area contributed by atoms with E-state index in [1.54, 1.807) is 0 Å². The number of benzene rings is 1. The van der Waals surface area contributed by atoms with Crippen LogP contribution in [0.3, 0.4) is 0 Å². The van der Waals surface area contributed by atoms with E-state index in [9.17, 15) is 4.79 Å². The molecular formula is C10H11NO. The minimum atomic E-state index is 0.0706. The zero-order valence-electron chi connectivity index (χ0n) is 7.00. The lowest BCUT2D eigenvalue weighted by molar-refractivity contribution is -0.117. The minimum absolute atomic E-state index is 0.0706. The highest BCUT2D eigenvalue weighted by molar-refractivity contribution is 6.02. The molecule has 1 aliphatic rings. The molecule has 0 fully saturated rings. The van der Waals surface area contributed by atoms with Gasteiger partial charge in [0.1, 0.15) is 0 Å². The van der Waals surface area contributed by atoms with Crippen molar-refractivity contribution in [3.05, 3.63) is 29.8 Å². The molecule has 2 nitrogen and oxygen atoms in total. The number of anilines is 1. The van der Waals surface area contributed by atoms with Crippen molar-refractivity contribution in [2.45, 2.75) is 19.3 Å². The van der Waals surface area contributed by atoms with E-state index in [0.717, 1.165) is 17.7 Å². The highest BCUT2D eigenvalue weighted by atomic mass is 16.2. The van der Waals surface area contributed by atoms with E-state index in [1.165, 1.54) is 0 Å². The van der Waals surface area contributed by atoms with Crippen LogP contribution in [0.4, 0.5) is 5.69 Å². The second-order valence-electron chi connectivity index (χ2n) is 3.04. The lowest BCUT2D eigenvalue weighted by atomic mass is 9.98. The molecule has 1 aromatic rings. The van der Waals surface area contributed by atoms with Gasteiger partial charge in [0, 0.05) is 5.69 Å². The number of hydrogen-bond acceptors (Lipinski definition) is 1. The van der Waals surface area contributed by atoms with Crippen LogP contribution in [0.25, 0.3) is 0 Å². The maximum Gasteiger partial charge on any atom is 0.231 e. The van der Waals surface area contributed by atoms with E-state index < -0.39 is 0 Å². The van der Waals surface area contributed by atoms with Crippen LogP contribution < -0.4 is 5.32 Å². The first-order valence-corrected chi connectivity index (χ1v) is 4.22. The lowest BCUT2D eigenvalue weighted by Gasteiger charge is -2.02. The predicted octanol–water partition coefficient (Wildman–Crippen LogP) is 2.13. The first-order valence-electron chi connectivity index (χ1n) is 4.22. The Labute approximate surface area is 71.6 Å². The van der Waals surface area contributed by atoms with Crippen LogP contribution >= 0.6 is 0 Å². The van der Waals surface area contributed by atoms with Gasteiger partial charge in [-0.25, -0.2) is 0 Å². The summed E-state index contributed by atoms with van der Waals surface area (Å²) in [4.78, 5) is 11.4. The highest BCUT2D eigenvalue weighted by Gasteiger charge is 2.27. The number of amides is 1. The molecule has 62 valence electrons. The summed E-state index contributed by atoms with van der Waals surface area (Å²) in [5.41, 5.74) is 2.12. The second kappa shape index (κ2) is 2.63. The van der Waals surface area contributed by atoms with Gasteiger partial charge in [-0.3, -0.25) is 4.79 Å². The molecule has 1 N–H and O–H groups in total. The van der Waals surface area contributed by atoms with Gasteiger partial charge in [-0.15, -0.1) is 0 Å². The Kier molecular flexibility index (Phi) is 1.61. The van der Waals surface area contributed by atoms with Gasteiger partial charge in [-0.1, -0.05) is 25.1 Å². The molecule has 12 heavy (non-hydrogen) atoms. The first kappa shape index (κ1) is 7.35. The van der Waals surface area contributed by atoms with Gasteiger partial charge in [0.2, 0.25) is 5.91 Å². The molecule has 1 aliphatic heterocycles. The van der Waals surface area contributed by atoms with Crippen molar-refractivity contribution in [3.63, 3.8) is 0 Å². The molecule has 1 aromatic carbocycles. The van der Waals surface area contributed by atoms with Gasteiger partial charge >= 0.3 is 0 Å². The Hall–Kier alpha value is -1.31. The molecule has 0 aliphatic carbocycles. The van der Waals surface area contributed by atoms with E-state index in [2.05, 4.69) is 5.32 Å². The third-order valence-corrected chi connectivity index (χ3v) is 2.32. The largest absolute Gasteiger partial charge is 0.325 e. The van der Waals surface area contributed by atoms with E-state index in [0.29, 0.717) is 0 Å². The minimum Gasteiger partial charge on any atom is -0.325 e. The monoisotopic (exact) mass is 161 g/mol. The first-order chi connectivity index (χ1) is 5.83. The van der Waals surface area contributed by atoms with Crippen LogP contribution in [-0.4, -0.2) is 5.91 Å². The van der Waals surface area contributed by atoms with Crippen LogP contribution in [0.15, 0.2) is 24.3 Å². The summed E-state index contributed by atoms with van der Waals surface area (Å²) in [5, 5.41) is 2.86. The molecule has 2 rings (SSSR count). The average Bonchev–Trinajstić information content (AvgIpc) is 2.40. The molecule has 0 saturated heterocycles. The molecule has 0 aromatic heterocycles. The van der Waals surface area contributed by atoms with Crippen LogP contribution in [0.5, 0.6) is 0 Å². The average molecular weight is 161 g/mol. The molecule has 0 bridgehead atoms. The maximum atomic E-state index is 11.4. The number of hydrogen-bond donors (Lipinski definition) is 1. The van der Waals surface area contributed by atoms with Crippen LogP contribution in [0.2, 0.25) is 0 Å². The Morgan fingerprint density at radius 2 is 2.17 bits per heavy atom. The van der Waals surface area contributed by atoms with Crippen molar-refractivity contribution in [3.8, 4) is 0 Å². The summed E-state index contributed by atoms with van der Waals surface area (Å²) in [6.07, 6.45) is 0.878. The van der Waals surface area contributed by atoms with Gasteiger partial charge in [0.25, 0.3) is 0 Å². The maximum absolute atomic E-state index is 11.4. The van der Waals surface area contributed by atoms with Gasteiger partial charge in [-0.2, -0.15) is 0 Å². The van der Waals surface area contributed by atoms with Crippen molar-refractivity contribution in [1.82, 2.24) is 0 Å². The Morgan fingerprint density at radius 3 is 2.92 bits per heavy atom.